The number of rotatable bonds is 16. The zero-order valence-corrected chi connectivity index (χ0v) is 40.3. The lowest BCUT2D eigenvalue weighted by molar-refractivity contribution is -0.146. The lowest BCUT2D eigenvalue weighted by atomic mass is 10.2. The summed E-state index contributed by atoms with van der Waals surface area (Å²) in [5.74, 6) is -3.73. The Bertz CT molecular complexity index is 3580. The maximum atomic E-state index is 13.6. The molecule has 0 aromatic rings. The molecule has 0 fully saturated rings. The highest BCUT2D eigenvalue weighted by atomic mass is 16.5. The zero-order valence-electron chi connectivity index (χ0n) is 40.3. The summed E-state index contributed by atoms with van der Waals surface area (Å²) >= 11 is 0. The molecule has 12 nitrogen and oxygen atoms in total. The largest absolute Gasteiger partial charge is 0.465 e. The van der Waals surface area contributed by atoms with Gasteiger partial charge >= 0.3 is 11.9 Å². The van der Waals surface area contributed by atoms with Crippen molar-refractivity contribution in [1.82, 2.24) is 19.6 Å². The van der Waals surface area contributed by atoms with Gasteiger partial charge in [0.25, 0.3) is 11.8 Å². The van der Waals surface area contributed by atoms with Gasteiger partial charge in [-0.2, -0.15) is 0 Å². The second-order valence-corrected chi connectivity index (χ2v) is 13.1. The Balaban J connectivity index is 7.29. The van der Waals surface area contributed by atoms with Crippen LogP contribution in [0.15, 0.2) is 232 Å². The van der Waals surface area contributed by atoms with Crippen molar-refractivity contribution in [3.05, 3.63) is 232 Å². The number of ether oxygens (including phenoxy) is 2. The topological polar surface area (TPSA) is 134 Å². The molecule has 0 unspecified atom stereocenters. The third-order valence-electron chi connectivity index (χ3n) is 7.17. The molecule has 0 aliphatic carbocycles. The molecule has 0 bridgehead atoms. The van der Waals surface area contributed by atoms with E-state index in [1.807, 2.05) is 0 Å². The van der Waals surface area contributed by atoms with Crippen LogP contribution in [0, 0.1) is 0 Å². The van der Waals surface area contributed by atoms with Crippen molar-refractivity contribution in [3.8, 4) is 0 Å². The molecule has 0 rings (SSSR count). The van der Waals surface area contributed by atoms with E-state index in [1.165, 1.54) is 23.6 Å². The van der Waals surface area contributed by atoms with Crippen molar-refractivity contribution >= 4 is 35.6 Å². The molecule has 0 aliphatic heterocycles. The average Bonchev–Trinajstić information content (AvgIpc) is 3.34. The van der Waals surface area contributed by atoms with Crippen LogP contribution in [0.2, 0.25) is 0 Å². The molecule has 0 radical (unpaired) electrons. The molecule has 0 heterocycles. The smallest absolute Gasteiger partial charge is 0.307 e. The molecule has 348 valence electrons. The number of nitrogens with zero attached hydrogens (tertiary/aromatic N) is 4. The summed E-state index contributed by atoms with van der Waals surface area (Å²) in [6, 6.07) is 0. The van der Waals surface area contributed by atoms with Gasteiger partial charge in [0.15, 0.2) is 5.82 Å². The molecule has 0 aliphatic rings. The second-order valence-electron chi connectivity index (χ2n) is 13.1. The first-order chi connectivity index (χ1) is 34.6. The Hall–Kier alpha value is -11.4. The first-order valence-electron chi connectivity index (χ1n) is 20.4. The number of hydrogen-bond acceptors (Lipinski definition) is 8. The van der Waals surface area contributed by atoms with Crippen LogP contribution in [0.3, 0.4) is 0 Å². The minimum atomic E-state index is -0.749. The summed E-state index contributed by atoms with van der Waals surface area (Å²) in [6.45, 7) is 12.4. The van der Waals surface area contributed by atoms with E-state index < -0.39 is 23.8 Å². The summed E-state index contributed by atoms with van der Waals surface area (Å²) in [5.41, 5.74) is 84.4. The molecule has 4 amide bonds. The predicted molar refractivity (Wildman–Crippen MR) is 259 cm³/mol. The molecule has 0 saturated heterocycles. The van der Waals surface area contributed by atoms with Crippen LogP contribution in [0.25, 0.3) is 0 Å². The highest BCUT2D eigenvalue weighted by Gasteiger charge is 2.29. The summed E-state index contributed by atoms with van der Waals surface area (Å²) in [7, 11) is 6.23. The van der Waals surface area contributed by atoms with Gasteiger partial charge in [-0.1, -0.05) is 18.9 Å². The lowest BCUT2D eigenvalue weighted by Crippen LogP contribution is -2.44. The third kappa shape index (κ3) is 32.3. The molecule has 0 N–H and O–H groups in total. The van der Waals surface area contributed by atoms with Gasteiger partial charge in [-0.05, 0) is 118 Å². The van der Waals surface area contributed by atoms with Gasteiger partial charge in [0.1, 0.15) is 13.2 Å². The maximum absolute atomic E-state index is 13.6. The Morgan fingerprint density at radius 1 is 0.375 bits per heavy atom. The van der Waals surface area contributed by atoms with E-state index in [-0.39, 0.29) is 80.8 Å². The van der Waals surface area contributed by atoms with E-state index in [2.05, 4.69) is 215 Å². The highest BCUT2D eigenvalue weighted by molar-refractivity contribution is 5.97. The molecule has 0 spiro atoms. The average molecular weight is 945 g/mol. The van der Waals surface area contributed by atoms with E-state index >= 15 is 0 Å². The molecular weight excluding hydrogens is 905 g/mol. The minimum absolute atomic E-state index is 0.0182. The van der Waals surface area contributed by atoms with Gasteiger partial charge in [-0.3, -0.25) is 38.6 Å². The molecule has 0 atom stereocenters. The van der Waals surface area contributed by atoms with Crippen molar-refractivity contribution in [2.75, 3.05) is 54.5 Å². The fourth-order valence-corrected chi connectivity index (χ4v) is 3.92. The van der Waals surface area contributed by atoms with Gasteiger partial charge in [0.2, 0.25) is 11.8 Å². The van der Waals surface area contributed by atoms with Gasteiger partial charge < -0.3 is 19.3 Å². The Labute approximate surface area is 417 Å². The standard InChI is InChI=1S/C60H40N4O8/c1-10-11-12-13-14-15-16-17-18-19-20-21-22-23-24-25-26-27-28-29-30-31-32-33-34-35-36-37-38-39-40-41-42-43-54(63(59(69)52(2)3)48-44-57(67)71-50-46-55(65)61(6)7)64(60(70)53(4)5)49-45-58(68)72-51-47-56(66)62(8)9/h1-2,4,44-51H2,3,5-9H3. The minimum Gasteiger partial charge on any atom is -0.465 e. The number of carbonyl (C=O) groups excluding carboxylic acids is 6. The van der Waals surface area contributed by atoms with Gasteiger partial charge in [-0.15, -0.1) is 0 Å². The van der Waals surface area contributed by atoms with E-state index in [1.54, 1.807) is 28.2 Å². The number of amides is 4. The van der Waals surface area contributed by atoms with Crippen molar-refractivity contribution in [1.29, 1.82) is 0 Å². The highest BCUT2D eigenvalue weighted by Crippen LogP contribution is 2.18. The molecule has 0 saturated carbocycles. The molecular formula is C60H40N4O8. The fourth-order valence-electron chi connectivity index (χ4n) is 3.92. The summed E-state index contributed by atoms with van der Waals surface area (Å²) < 4.78 is 10.4. The second kappa shape index (κ2) is 39.9. The van der Waals surface area contributed by atoms with Crippen LogP contribution in [-0.4, -0.2) is 110 Å². The van der Waals surface area contributed by atoms with E-state index in [0.29, 0.717) is 0 Å². The first-order valence-corrected chi connectivity index (χ1v) is 20.4. The SMILES string of the molecule is C=C=C=C=C=C=C=C=C=C=C=C=C=C=C=C=C=C=C=C=C=C=C=C=C=C=C=C=C=C=C=C=C=C=C=C(N(CCC(=O)OCCC(=O)N(C)C)C(=O)C(=C)C)N(CCC(=O)OCCC(=O)N(C)C)C(=O)C(=C)C. The molecule has 0 aromatic heterocycles. The van der Waals surface area contributed by atoms with E-state index in [4.69, 9.17) is 9.47 Å². The van der Waals surface area contributed by atoms with Crippen molar-refractivity contribution in [2.45, 2.75) is 39.5 Å². The fraction of sp³-hybridized carbons (Fsp3) is 0.233. The summed E-state index contributed by atoms with van der Waals surface area (Å²) in [4.78, 5) is 81.1. The number of hydrogen-bond donors (Lipinski definition) is 0. The normalized spacial score (nSPS) is 7.19. The van der Waals surface area contributed by atoms with Crippen LogP contribution < -0.4 is 0 Å². The van der Waals surface area contributed by atoms with Gasteiger partial charge in [0, 0.05) is 144 Å². The third-order valence-corrected chi connectivity index (χ3v) is 7.17. The van der Waals surface area contributed by atoms with Crippen molar-refractivity contribution in [2.24, 2.45) is 0 Å². The van der Waals surface area contributed by atoms with Crippen LogP contribution in [0.1, 0.15) is 39.5 Å². The maximum Gasteiger partial charge on any atom is 0.307 e. The Kier molecular flexibility index (Phi) is 33.5. The quantitative estimate of drug-likeness (QED) is 0.0993. The van der Waals surface area contributed by atoms with Crippen LogP contribution in [0.5, 0.6) is 0 Å². The number of carbonyl (C=O) groups is 6. The first kappa shape index (κ1) is 60.6. The summed E-state index contributed by atoms with van der Waals surface area (Å²) in [6.07, 6.45) is -0.887. The van der Waals surface area contributed by atoms with E-state index in [0.717, 1.165) is 9.80 Å². The van der Waals surface area contributed by atoms with Crippen LogP contribution >= 0.6 is 0 Å². The van der Waals surface area contributed by atoms with Crippen LogP contribution in [0.4, 0.5) is 0 Å². The monoisotopic (exact) mass is 944 g/mol. The van der Waals surface area contributed by atoms with Gasteiger partial charge in [-0.25, -0.2) is 0 Å². The van der Waals surface area contributed by atoms with E-state index in [9.17, 15) is 28.8 Å². The molecule has 0 aromatic carbocycles. The van der Waals surface area contributed by atoms with Crippen molar-refractivity contribution in [3.63, 3.8) is 0 Å². The van der Waals surface area contributed by atoms with Gasteiger partial charge in [0.05, 0.1) is 25.7 Å². The van der Waals surface area contributed by atoms with Crippen LogP contribution in [-0.2, 0) is 38.2 Å². The zero-order chi connectivity index (χ0) is 53.6. The Morgan fingerprint density at radius 2 is 0.611 bits per heavy atom. The Morgan fingerprint density at radius 3 is 0.833 bits per heavy atom. The molecule has 72 heavy (non-hydrogen) atoms. The van der Waals surface area contributed by atoms with Crippen molar-refractivity contribution < 1.29 is 38.2 Å². The molecule has 12 heteroatoms. The number of esters is 2. The summed E-state index contributed by atoms with van der Waals surface area (Å²) in [5, 5.41) is 0. The lowest BCUT2D eigenvalue weighted by Gasteiger charge is -2.32. The predicted octanol–water partition coefficient (Wildman–Crippen LogP) is 6.36.